The Morgan fingerprint density at radius 3 is 2.35 bits per heavy atom. The smallest absolute Gasteiger partial charge is 0.313 e. The number of nitro benzene ring substituents is 1. The number of carbonyl (C=O) groups excluding carboxylic acids is 2. The lowest BCUT2D eigenvalue weighted by Crippen LogP contribution is -2.49. The second-order valence-corrected chi connectivity index (χ2v) is 7.35. The van der Waals surface area contributed by atoms with Gasteiger partial charge in [-0.05, 0) is 30.8 Å². The summed E-state index contributed by atoms with van der Waals surface area (Å²) < 4.78 is 13.4. The number of piperazine rings is 1. The first-order chi connectivity index (χ1) is 14.8. The fourth-order valence-electron chi connectivity index (χ4n) is 3.46. The highest BCUT2D eigenvalue weighted by molar-refractivity contribution is 6.39. The van der Waals surface area contributed by atoms with E-state index in [1.165, 1.54) is 36.4 Å². The van der Waals surface area contributed by atoms with Gasteiger partial charge in [0, 0.05) is 38.8 Å². The van der Waals surface area contributed by atoms with Crippen molar-refractivity contribution in [1.82, 2.24) is 15.1 Å². The van der Waals surface area contributed by atoms with E-state index in [9.17, 15) is 24.1 Å². The van der Waals surface area contributed by atoms with Crippen molar-refractivity contribution in [2.45, 2.75) is 6.04 Å². The molecule has 1 saturated heterocycles. The van der Waals surface area contributed by atoms with Crippen LogP contribution in [0.3, 0.4) is 0 Å². The predicted octanol–water partition coefficient (Wildman–Crippen LogP) is 1.78. The van der Waals surface area contributed by atoms with E-state index in [1.54, 1.807) is 12.1 Å². The minimum atomic E-state index is -0.995. The third-order valence-corrected chi connectivity index (χ3v) is 5.24. The Hall–Kier alpha value is -3.37. The molecule has 10 heteroatoms. The summed E-state index contributed by atoms with van der Waals surface area (Å²) in [6.07, 6.45) is 0. The summed E-state index contributed by atoms with van der Waals surface area (Å²) in [6, 6.07) is 11.4. The molecule has 0 saturated carbocycles. The standard InChI is InChI=1S/C21H24FN5O4/c1-25-10-12-26(13-11-25)19(15-6-8-16(22)9-7-15)14-23-20(28)21(29)24-17-4-2-3-5-18(17)27(30)31/h2-9,19H,10-14H2,1H3,(H,23,28)(H,24,29)/t19-/m0/s1. The number of hydrogen-bond acceptors (Lipinski definition) is 6. The molecular formula is C21H24FN5O4. The van der Waals surface area contributed by atoms with Crippen molar-refractivity contribution >= 4 is 23.2 Å². The second kappa shape index (κ2) is 10.1. The van der Waals surface area contributed by atoms with E-state index in [-0.39, 0.29) is 29.8 Å². The Labute approximate surface area is 179 Å². The highest BCUT2D eigenvalue weighted by Crippen LogP contribution is 2.24. The van der Waals surface area contributed by atoms with Gasteiger partial charge in [0.25, 0.3) is 5.69 Å². The summed E-state index contributed by atoms with van der Waals surface area (Å²) in [4.78, 5) is 39.5. The van der Waals surface area contributed by atoms with Crippen molar-refractivity contribution in [2.24, 2.45) is 0 Å². The largest absolute Gasteiger partial charge is 0.346 e. The number of rotatable bonds is 6. The summed E-state index contributed by atoms with van der Waals surface area (Å²) in [5, 5.41) is 16.0. The van der Waals surface area contributed by atoms with Gasteiger partial charge in [0.2, 0.25) is 0 Å². The first kappa shape index (κ1) is 22.3. The zero-order valence-electron chi connectivity index (χ0n) is 17.1. The van der Waals surface area contributed by atoms with Crippen LogP contribution in [-0.2, 0) is 9.59 Å². The van der Waals surface area contributed by atoms with Gasteiger partial charge in [0.1, 0.15) is 11.5 Å². The maximum absolute atomic E-state index is 13.4. The number of halogens is 1. The summed E-state index contributed by atoms with van der Waals surface area (Å²) in [6.45, 7) is 3.36. The van der Waals surface area contributed by atoms with Crippen molar-refractivity contribution in [2.75, 3.05) is 45.1 Å². The third-order valence-electron chi connectivity index (χ3n) is 5.24. The SMILES string of the molecule is CN1CCN([C@@H](CNC(=O)C(=O)Nc2ccccc2[N+](=O)[O-])c2ccc(F)cc2)CC1. The van der Waals surface area contributed by atoms with E-state index in [2.05, 4.69) is 20.4 Å². The summed E-state index contributed by atoms with van der Waals surface area (Å²) in [5.41, 5.74) is 0.470. The van der Waals surface area contributed by atoms with Crippen LogP contribution in [0.5, 0.6) is 0 Å². The molecule has 2 aromatic rings. The lowest BCUT2D eigenvalue weighted by molar-refractivity contribution is -0.383. The van der Waals surface area contributed by atoms with Crippen LogP contribution >= 0.6 is 0 Å². The van der Waals surface area contributed by atoms with E-state index in [0.717, 1.165) is 31.7 Å². The molecule has 1 aliphatic rings. The van der Waals surface area contributed by atoms with Crippen LogP contribution in [0.25, 0.3) is 0 Å². The molecule has 0 radical (unpaired) electrons. The van der Waals surface area contributed by atoms with Crippen molar-refractivity contribution in [3.05, 3.63) is 70.0 Å². The Morgan fingerprint density at radius 1 is 1.06 bits per heavy atom. The highest BCUT2D eigenvalue weighted by atomic mass is 19.1. The fourth-order valence-corrected chi connectivity index (χ4v) is 3.46. The molecule has 31 heavy (non-hydrogen) atoms. The van der Waals surface area contributed by atoms with Gasteiger partial charge >= 0.3 is 11.8 Å². The third kappa shape index (κ3) is 5.83. The van der Waals surface area contributed by atoms with E-state index >= 15 is 0 Å². The molecule has 2 N–H and O–H groups in total. The number of benzene rings is 2. The van der Waals surface area contributed by atoms with Crippen LogP contribution in [-0.4, -0.2) is 66.3 Å². The molecule has 0 aromatic heterocycles. The van der Waals surface area contributed by atoms with Crippen LogP contribution in [0.2, 0.25) is 0 Å². The molecule has 3 rings (SSSR count). The molecule has 1 atom stereocenters. The van der Waals surface area contributed by atoms with Crippen LogP contribution in [0.15, 0.2) is 48.5 Å². The van der Waals surface area contributed by atoms with Gasteiger partial charge in [-0.3, -0.25) is 24.6 Å². The minimum Gasteiger partial charge on any atom is -0.346 e. The molecule has 1 aliphatic heterocycles. The molecule has 0 aliphatic carbocycles. The van der Waals surface area contributed by atoms with Gasteiger partial charge in [-0.2, -0.15) is 0 Å². The van der Waals surface area contributed by atoms with Gasteiger partial charge in [-0.15, -0.1) is 0 Å². The minimum absolute atomic E-state index is 0.0539. The van der Waals surface area contributed by atoms with Gasteiger partial charge in [-0.1, -0.05) is 24.3 Å². The number of hydrogen-bond donors (Lipinski definition) is 2. The molecular weight excluding hydrogens is 405 g/mol. The maximum atomic E-state index is 13.4. The number of anilines is 1. The number of likely N-dealkylation sites (N-methyl/N-ethyl adjacent to an activating group) is 1. The van der Waals surface area contributed by atoms with E-state index in [1.807, 2.05) is 7.05 Å². The van der Waals surface area contributed by atoms with Crippen molar-refractivity contribution < 1.29 is 18.9 Å². The molecule has 9 nitrogen and oxygen atoms in total. The topological polar surface area (TPSA) is 108 Å². The van der Waals surface area contributed by atoms with E-state index in [0.29, 0.717) is 0 Å². The molecule has 0 spiro atoms. The van der Waals surface area contributed by atoms with Crippen LogP contribution < -0.4 is 10.6 Å². The van der Waals surface area contributed by atoms with E-state index in [4.69, 9.17) is 0 Å². The molecule has 1 heterocycles. The molecule has 1 fully saturated rings. The number of nitro groups is 1. The maximum Gasteiger partial charge on any atom is 0.313 e. The first-order valence-corrected chi connectivity index (χ1v) is 9.86. The normalized spacial score (nSPS) is 15.8. The number of amides is 2. The van der Waals surface area contributed by atoms with Crippen LogP contribution in [0.1, 0.15) is 11.6 Å². The Kier molecular flexibility index (Phi) is 7.27. The predicted molar refractivity (Wildman–Crippen MR) is 113 cm³/mol. The van der Waals surface area contributed by atoms with E-state index < -0.39 is 16.7 Å². The second-order valence-electron chi connectivity index (χ2n) is 7.35. The number of carbonyl (C=O) groups is 2. The summed E-state index contributed by atoms with van der Waals surface area (Å²) in [5.74, 6) is -2.25. The highest BCUT2D eigenvalue weighted by Gasteiger charge is 2.26. The molecule has 0 unspecified atom stereocenters. The fraction of sp³-hybridized carbons (Fsp3) is 0.333. The Bertz CT molecular complexity index is 945. The average molecular weight is 429 g/mol. The monoisotopic (exact) mass is 429 g/mol. The lowest BCUT2D eigenvalue weighted by Gasteiger charge is -2.38. The zero-order chi connectivity index (χ0) is 22.4. The van der Waals surface area contributed by atoms with Crippen molar-refractivity contribution in [3.63, 3.8) is 0 Å². The van der Waals surface area contributed by atoms with Crippen molar-refractivity contribution in [3.8, 4) is 0 Å². The van der Waals surface area contributed by atoms with Gasteiger partial charge in [0.15, 0.2) is 0 Å². The summed E-state index contributed by atoms with van der Waals surface area (Å²) >= 11 is 0. The Morgan fingerprint density at radius 2 is 1.71 bits per heavy atom. The molecule has 2 aromatic carbocycles. The molecule has 0 bridgehead atoms. The number of nitrogens with zero attached hydrogens (tertiary/aromatic N) is 3. The van der Waals surface area contributed by atoms with Crippen molar-refractivity contribution in [1.29, 1.82) is 0 Å². The first-order valence-electron chi connectivity index (χ1n) is 9.86. The molecule has 2 amide bonds. The van der Waals surface area contributed by atoms with Gasteiger partial charge in [-0.25, -0.2) is 4.39 Å². The van der Waals surface area contributed by atoms with Crippen LogP contribution in [0.4, 0.5) is 15.8 Å². The summed E-state index contributed by atoms with van der Waals surface area (Å²) in [7, 11) is 2.03. The zero-order valence-corrected chi connectivity index (χ0v) is 17.1. The number of para-hydroxylation sites is 2. The average Bonchev–Trinajstić information content (AvgIpc) is 2.76. The molecule has 164 valence electrons. The van der Waals surface area contributed by atoms with Crippen LogP contribution in [0, 0.1) is 15.9 Å². The number of nitrogens with one attached hydrogen (secondary N) is 2. The lowest BCUT2D eigenvalue weighted by atomic mass is 10.0. The Balaban J connectivity index is 1.67. The van der Waals surface area contributed by atoms with Gasteiger partial charge < -0.3 is 15.5 Å². The quantitative estimate of drug-likeness (QED) is 0.412. The van der Waals surface area contributed by atoms with Gasteiger partial charge in [0.05, 0.1) is 11.0 Å².